The Morgan fingerprint density at radius 3 is 2.65 bits per heavy atom. The van der Waals surface area contributed by atoms with E-state index < -0.39 is 0 Å². The second-order valence-corrected chi connectivity index (χ2v) is 10.0. The first kappa shape index (κ1) is 24.9. The number of hydrogen-bond donors (Lipinski definition) is 4. The molecule has 2 fully saturated rings. The van der Waals surface area contributed by atoms with E-state index in [4.69, 9.17) is 16.3 Å². The van der Waals surface area contributed by atoms with E-state index in [0.717, 1.165) is 42.5 Å². The molecule has 2 aromatic heterocycles. The van der Waals surface area contributed by atoms with Crippen LogP contribution in [0.15, 0.2) is 0 Å². The first-order valence-corrected chi connectivity index (χ1v) is 12.9. The number of imidazole rings is 1. The lowest BCUT2D eigenvalue weighted by Gasteiger charge is -2.37. The van der Waals surface area contributed by atoms with Crippen molar-refractivity contribution in [3.63, 3.8) is 0 Å². The fourth-order valence-electron chi connectivity index (χ4n) is 4.41. The number of piperidine rings is 2. The van der Waals surface area contributed by atoms with Gasteiger partial charge in [-0.2, -0.15) is 0 Å². The first-order valence-electron chi connectivity index (χ1n) is 11.7. The van der Waals surface area contributed by atoms with E-state index in [1.807, 2.05) is 13.8 Å². The average molecular weight is 510 g/mol. The molecule has 0 radical (unpaired) electrons. The summed E-state index contributed by atoms with van der Waals surface area (Å²) in [6.07, 6.45) is 2.99. The van der Waals surface area contributed by atoms with E-state index >= 15 is 0 Å². The quantitative estimate of drug-likeness (QED) is 0.449. The van der Waals surface area contributed by atoms with Gasteiger partial charge in [-0.15, -0.1) is 0 Å². The Labute approximate surface area is 208 Å². The van der Waals surface area contributed by atoms with Gasteiger partial charge in [-0.1, -0.05) is 29.9 Å². The summed E-state index contributed by atoms with van der Waals surface area (Å²) in [7, 11) is 1.64. The van der Waals surface area contributed by atoms with Crippen molar-refractivity contribution in [3.05, 3.63) is 27.2 Å². The molecule has 0 spiro atoms. The fourth-order valence-corrected chi connectivity index (χ4v) is 5.68. The number of H-pyrrole nitrogens is 1. The number of ether oxygens (including phenoxy) is 1. The van der Waals surface area contributed by atoms with E-state index in [0.29, 0.717) is 36.0 Å². The highest BCUT2D eigenvalue weighted by atomic mass is 35.5. The molecule has 4 heterocycles. The Morgan fingerprint density at radius 1 is 1.21 bits per heavy atom. The van der Waals surface area contributed by atoms with Gasteiger partial charge in [-0.3, -0.25) is 9.59 Å². The summed E-state index contributed by atoms with van der Waals surface area (Å²) >= 11 is 7.48. The monoisotopic (exact) mass is 509 g/mol. The lowest BCUT2D eigenvalue weighted by molar-refractivity contribution is 0.0538. The van der Waals surface area contributed by atoms with E-state index in [1.54, 1.807) is 7.11 Å². The molecule has 0 aromatic carbocycles. The lowest BCUT2D eigenvalue weighted by atomic mass is 10.0. The Kier molecular flexibility index (Phi) is 8.07. The minimum Gasteiger partial charge on any atom is -0.377 e. The molecule has 0 bridgehead atoms. The molecule has 2 amide bonds. The smallest absolute Gasteiger partial charge is 0.287 e. The Bertz CT molecular complexity index is 1020. The number of nitrogens with one attached hydrogen (secondary N) is 4. The molecular weight excluding hydrogens is 478 g/mol. The van der Waals surface area contributed by atoms with Crippen molar-refractivity contribution >= 4 is 39.9 Å². The average Bonchev–Trinajstić information content (AvgIpc) is 3.42. The summed E-state index contributed by atoms with van der Waals surface area (Å²) in [5.74, 6) is -0.148. The van der Waals surface area contributed by atoms with Crippen LogP contribution >= 0.6 is 22.9 Å². The van der Waals surface area contributed by atoms with Crippen LogP contribution in [0.1, 0.15) is 57.9 Å². The summed E-state index contributed by atoms with van der Waals surface area (Å²) in [4.78, 5) is 40.1. The topological polar surface area (TPSA) is 124 Å². The number of nitrogens with zero attached hydrogens (tertiary/aromatic N) is 3. The van der Waals surface area contributed by atoms with Gasteiger partial charge in [0.15, 0.2) is 16.1 Å². The number of aromatic nitrogens is 3. The van der Waals surface area contributed by atoms with E-state index in [1.165, 1.54) is 11.3 Å². The number of rotatable bonds is 7. The lowest BCUT2D eigenvalue weighted by Crippen LogP contribution is -2.55. The maximum absolute atomic E-state index is 12.8. The van der Waals surface area contributed by atoms with Gasteiger partial charge >= 0.3 is 0 Å². The molecular formula is C22H32ClN7O3S. The predicted molar refractivity (Wildman–Crippen MR) is 132 cm³/mol. The third kappa shape index (κ3) is 5.54. The number of aryl methyl sites for hydroxylation is 2. The minimum absolute atomic E-state index is 0.0536. The Balaban J connectivity index is 1.38. The van der Waals surface area contributed by atoms with E-state index in [9.17, 15) is 9.59 Å². The molecule has 12 heteroatoms. The molecule has 2 aliphatic heterocycles. The maximum atomic E-state index is 12.8. The van der Waals surface area contributed by atoms with Crippen LogP contribution < -0.4 is 20.9 Å². The molecule has 2 unspecified atom stereocenters. The third-order valence-electron chi connectivity index (χ3n) is 6.41. The number of aromatic amines is 1. The van der Waals surface area contributed by atoms with Crippen LogP contribution in [-0.4, -0.2) is 78.2 Å². The SMILES string of the molecule is CCc1[nH]c(C(=O)NC2CCN(c3nc(C)c(C(=O)NC4CCNCC4)s3)CC2OC)nc1Cl. The van der Waals surface area contributed by atoms with Crippen molar-refractivity contribution in [1.82, 2.24) is 30.9 Å². The zero-order valence-corrected chi connectivity index (χ0v) is 21.3. The number of carbonyl (C=O) groups excluding carboxylic acids is 2. The highest BCUT2D eigenvalue weighted by Gasteiger charge is 2.33. The number of methoxy groups -OCH3 is 1. The second kappa shape index (κ2) is 11.0. The molecule has 4 N–H and O–H groups in total. The normalized spacial score (nSPS) is 21.5. The van der Waals surface area contributed by atoms with E-state index in [-0.39, 0.29) is 35.8 Å². The first-order chi connectivity index (χ1) is 16.4. The van der Waals surface area contributed by atoms with Crippen molar-refractivity contribution in [2.75, 3.05) is 38.2 Å². The third-order valence-corrected chi connectivity index (χ3v) is 7.94. The van der Waals surface area contributed by atoms with Gasteiger partial charge in [0.1, 0.15) is 4.88 Å². The van der Waals surface area contributed by atoms with Crippen molar-refractivity contribution in [2.24, 2.45) is 0 Å². The van der Waals surface area contributed by atoms with Crippen molar-refractivity contribution in [2.45, 2.75) is 57.7 Å². The zero-order chi connectivity index (χ0) is 24.2. The molecule has 0 saturated carbocycles. The van der Waals surface area contributed by atoms with Gasteiger partial charge in [0.2, 0.25) is 0 Å². The standard InChI is InChI=1S/C22H32ClN7O3S/c1-4-14-18(23)29-19(27-14)21(32)28-15-7-10-30(11-16(15)33-3)22-25-12(2)17(34-22)20(31)26-13-5-8-24-9-6-13/h13,15-16,24H,4-11H2,1-3H3,(H,26,31)(H,27,29)(H,28,32). The molecule has 186 valence electrons. The number of carbonyl (C=O) groups is 2. The fraction of sp³-hybridized carbons (Fsp3) is 0.636. The number of anilines is 1. The summed E-state index contributed by atoms with van der Waals surface area (Å²) < 4.78 is 5.71. The molecule has 34 heavy (non-hydrogen) atoms. The molecule has 2 aromatic rings. The van der Waals surface area contributed by atoms with Crippen LogP contribution in [-0.2, 0) is 11.2 Å². The number of amides is 2. The zero-order valence-electron chi connectivity index (χ0n) is 19.7. The highest BCUT2D eigenvalue weighted by Crippen LogP contribution is 2.29. The van der Waals surface area contributed by atoms with Crippen LogP contribution in [0.3, 0.4) is 0 Å². The minimum atomic E-state index is -0.302. The van der Waals surface area contributed by atoms with Crippen molar-refractivity contribution in [3.8, 4) is 0 Å². The summed E-state index contributed by atoms with van der Waals surface area (Å²) in [6, 6.07) is 0.0276. The Morgan fingerprint density at radius 2 is 1.97 bits per heavy atom. The molecule has 0 aliphatic carbocycles. The van der Waals surface area contributed by atoms with Crippen LogP contribution in [0, 0.1) is 6.92 Å². The van der Waals surface area contributed by atoms with Crippen LogP contribution in [0.2, 0.25) is 5.15 Å². The Hall–Kier alpha value is -2.21. The predicted octanol–water partition coefficient (Wildman–Crippen LogP) is 1.90. The molecule has 4 rings (SSSR count). The second-order valence-electron chi connectivity index (χ2n) is 8.71. The molecule has 2 saturated heterocycles. The van der Waals surface area contributed by atoms with Crippen LogP contribution in [0.5, 0.6) is 0 Å². The van der Waals surface area contributed by atoms with Crippen molar-refractivity contribution < 1.29 is 14.3 Å². The summed E-state index contributed by atoms with van der Waals surface area (Å²) in [5, 5.41) is 10.6. The van der Waals surface area contributed by atoms with Gasteiger partial charge in [-0.25, -0.2) is 9.97 Å². The number of hydrogen-bond acceptors (Lipinski definition) is 8. The van der Waals surface area contributed by atoms with Crippen LogP contribution in [0.4, 0.5) is 5.13 Å². The molecule has 10 nitrogen and oxygen atoms in total. The summed E-state index contributed by atoms with van der Waals surface area (Å²) in [5.41, 5.74) is 1.47. The van der Waals surface area contributed by atoms with Gasteiger partial charge in [0.05, 0.1) is 23.5 Å². The number of thiazole rings is 1. The maximum Gasteiger partial charge on any atom is 0.287 e. The molecule has 2 aliphatic rings. The van der Waals surface area contributed by atoms with Gasteiger partial charge in [0.25, 0.3) is 11.8 Å². The largest absolute Gasteiger partial charge is 0.377 e. The van der Waals surface area contributed by atoms with Gasteiger partial charge in [-0.05, 0) is 45.7 Å². The van der Waals surface area contributed by atoms with Gasteiger partial charge < -0.3 is 30.6 Å². The molecule has 2 atom stereocenters. The number of halogens is 1. The highest BCUT2D eigenvalue weighted by molar-refractivity contribution is 7.17. The van der Waals surface area contributed by atoms with Gasteiger partial charge in [0, 0.05) is 26.2 Å². The van der Waals surface area contributed by atoms with E-state index in [2.05, 4.69) is 35.8 Å². The van der Waals surface area contributed by atoms with Crippen molar-refractivity contribution in [1.29, 1.82) is 0 Å². The van der Waals surface area contributed by atoms with Crippen LogP contribution in [0.25, 0.3) is 0 Å². The summed E-state index contributed by atoms with van der Waals surface area (Å²) in [6.45, 7) is 6.91.